The molecule has 0 aliphatic heterocycles. The lowest BCUT2D eigenvalue weighted by Gasteiger charge is -2.04. The van der Waals surface area contributed by atoms with E-state index < -0.39 is 0 Å². The number of fused-ring (bicyclic) bond motifs is 1. The number of benzene rings is 1. The highest BCUT2D eigenvalue weighted by Gasteiger charge is 2.11. The normalized spacial score (nSPS) is 11.0. The van der Waals surface area contributed by atoms with Gasteiger partial charge in [0.25, 0.3) is 0 Å². The standard InChI is InChI=1S/C18H12ClN3/c19-18-14(12-3-7-20-8-4-12)1-2-16-15(18)11-17(22-16)13-5-9-21-10-6-13/h1-11,22H. The summed E-state index contributed by atoms with van der Waals surface area (Å²) in [6.45, 7) is 0. The molecule has 0 saturated heterocycles. The number of nitrogens with one attached hydrogen (secondary N) is 1. The number of halogens is 1. The van der Waals surface area contributed by atoms with E-state index in [9.17, 15) is 0 Å². The van der Waals surface area contributed by atoms with Crippen LogP contribution in [0.3, 0.4) is 0 Å². The van der Waals surface area contributed by atoms with Crippen molar-refractivity contribution >= 4 is 22.5 Å². The highest BCUT2D eigenvalue weighted by Crippen LogP contribution is 2.36. The van der Waals surface area contributed by atoms with Gasteiger partial charge in [-0.05, 0) is 42.0 Å². The third-order valence-corrected chi connectivity index (χ3v) is 4.13. The van der Waals surface area contributed by atoms with Gasteiger partial charge in [0, 0.05) is 52.5 Å². The van der Waals surface area contributed by atoms with Gasteiger partial charge in [-0.1, -0.05) is 17.7 Å². The number of hydrogen-bond acceptors (Lipinski definition) is 2. The number of aromatic nitrogens is 3. The van der Waals surface area contributed by atoms with Crippen LogP contribution in [0.25, 0.3) is 33.3 Å². The molecule has 0 radical (unpaired) electrons. The van der Waals surface area contributed by atoms with E-state index in [0.717, 1.165) is 38.3 Å². The molecule has 0 aliphatic rings. The maximum absolute atomic E-state index is 6.62. The smallest absolute Gasteiger partial charge is 0.0578 e. The second-order valence-electron chi connectivity index (χ2n) is 5.04. The fourth-order valence-electron chi connectivity index (χ4n) is 2.61. The highest BCUT2D eigenvalue weighted by atomic mass is 35.5. The minimum absolute atomic E-state index is 0.750. The number of aromatic amines is 1. The van der Waals surface area contributed by atoms with Crippen LogP contribution in [-0.2, 0) is 0 Å². The molecular weight excluding hydrogens is 294 g/mol. The Morgan fingerprint density at radius 3 is 2.09 bits per heavy atom. The minimum atomic E-state index is 0.750. The van der Waals surface area contributed by atoms with E-state index in [1.165, 1.54) is 0 Å². The number of rotatable bonds is 2. The molecule has 0 unspecified atom stereocenters. The number of pyridine rings is 2. The summed E-state index contributed by atoms with van der Waals surface area (Å²) in [6, 6.07) is 14.0. The summed E-state index contributed by atoms with van der Waals surface area (Å²) in [5.74, 6) is 0. The zero-order chi connectivity index (χ0) is 14.9. The first kappa shape index (κ1) is 13.0. The zero-order valence-corrected chi connectivity index (χ0v) is 12.4. The number of nitrogens with zero attached hydrogens (tertiary/aromatic N) is 2. The summed E-state index contributed by atoms with van der Waals surface area (Å²) < 4.78 is 0. The van der Waals surface area contributed by atoms with Crippen molar-refractivity contribution in [1.29, 1.82) is 0 Å². The van der Waals surface area contributed by atoms with Gasteiger partial charge in [0.05, 0.1) is 5.02 Å². The maximum Gasteiger partial charge on any atom is 0.0578 e. The van der Waals surface area contributed by atoms with Gasteiger partial charge in [-0.15, -0.1) is 0 Å². The molecule has 4 aromatic rings. The molecule has 0 fully saturated rings. The van der Waals surface area contributed by atoms with E-state index in [-0.39, 0.29) is 0 Å². The van der Waals surface area contributed by atoms with Crippen molar-refractivity contribution in [1.82, 2.24) is 15.0 Å². The summed E-state index contributed by atoms with van der Waals surface area (Å²) in [6.07, 6.45) is 7.11. The van der Waals surface area contributed by atoms with E-state index in [0.29, 0.717) is 0 Å². The van der Waals surface area contributed by atoms with Crippen molar-refractivity contribution in [3.63, 3.8) is 0 Å². The van der Waals surface area contributed by atoms with Crippen LogP contribution >= 0.6 is 11.6 Å². The predicted octanol–water partition coefficient (Wildman–Crippen LogP) is 4.95. The van der Waals surface area contributed by atoms with Gasteiger partial charge in [0.15, 0.2) is 0 Å². The molecule has 3 aromatic heterocycles. The van der Waals surface area contributed by atoms with Gasteiger partial charge in [-0.3, -0.25) is 9.97 Å². The molecule has 3 heterocycles. The summed E-state index contributed by atoms with van der Waals surface area (Å²) in [7, 11) is 0. The van der Waals surface area contributed by atoms with Crippen molar-refractivity contribution in [2.45, 2.75) is 0 Å². The Morgan fingerprint density at radius 1 is 0.773 bits per heavy atom. The molecular formula is C18H12ClN3. The average molecular weight is 306 g/mol. The van der Waals surface area contributed by atoms with Crippen molar-refractivity contribution in [2.75, 3.05) is 0 Å². The Bertz CT molecular complexity index is 931. The summed E-state index contributed by atoms with van der Waals surface area (Å²) in [5, 5.41) is 1.77. The quantitative estimate of drug-likeness (QED) is 0.569. The molecule has 1 aromatic carbocycles. The minimum Gasteiger partial charge on any atom is -0.354 e. The second-order valence-corrected chi connectivity index (χ2v) is 5.42. The van der Waals surface area contributed by atoms with Crippen LogP contribution < -0.4 is 0 Å². The van der Waals surface area contributed by atoms with E-state index >= 15 is 0 Å². The lowest BCUT2D eigenvalue weighted by atomic mass is 10.0. The van der Waals surface area contributed by atoms with Gasteiger partial charge in [0.1, 0.15) is 0 Å². The monoisotopic (exact) mass is 305 g/mol. The first-order valence-electron chi connectivity index (χ1n) is 6.95. The zero-order valence-electron chi connectivity index (χ0n) is 11.6. The SMILES string of the molecule is Clc1c(-c2ccncc2)ccc2[nH]c(-c3ccncc3)cc12. The van der Waals surface area contributed by atoms with Crippen molar-refractivity contribution in [2.24, 2.45) is 0 Å². The highest BCUT2D eigenvalue weighted by molar-refractivity contribution is 6.38. The van der Waals surface area contributed by atoms with Crippen LogP contribution in [0, 0.1) is 0 Å². The lowest BCUT2D eigenvalue weighted by molar-refractivity contribution is 1.32. The van der Waals surface area contributed by atoms with Crippen molar-refractivity contribution < 1.29 is 0 Å². The fraction of sp³-hybridized carbons (Fsp3) is 0. The van der Waals surface area contributed by atoms with Gasteiger partial charge in [-0.2, -0.15) is 0 Å². The molecule has 106 valence electrons. The predicted molar refractivity (Wildman–Crippen MR) is 89.8 cm³/mol. The van der Waals surface area contributed by atoms with Crippen LogP contribution in [0.15, 0.2) is 67.3 Å². The van der Waals surface area contributed by atoms with E-state index in [1.54, 1.807) is 24.8 Å². The first-order chi connectivity index (χ1) is 10.8. The van der Waals surface area contributed by atoms with E-state index in [1.807, 2.05) is 30.3 Å². The fourth-order valence-corrected chi connectivity index (χ4v) is 2.94. The molecule has 0 amide bonds. The topological polar surface area (TPSA) is 41.6 Å². The van der Waals surface area contributed by atoms with Gasteiger partial charge >= 0.3 is 0 Å². The molecule has 0 saturated carbocycles. The number of hydrogen-bond donors (Lipinski definition) is 1. The molecule has 1 N–H and O–H groups in total. The van der Waals surface area contributed by atoms with Crippen molar-refractivity contribution in [3.8, 4) is 22.4 Å². The third-order valence-electron chi connectivity index (χ3n) is 3.72. The third kappa shape index (κ3) is 2.16. The van der Waals surface area contributed by atoms with E-state index in [4.69, 9.17) is 11.6 Å². The van der Waals surface area contributed by atoms with Crippen LogP contribution in [-0.4, -0.2) is 15.0 Å². The molecule has 0 aliphatic carbocycles. The average Bonchev–Trinajstić information content (AvgIpc) is 3.02. The Kier molecular flexibility index (Phi) is 3.13. The molecule has 4 rings (SSSR count). The summed E-state index contributed by atoms with van der Waals surface area (Å²) >= 11 is 6.62. The largest absolute Gasteiger partial charge is 0.354 e. The van der Waals surface area contributed by atoms with Crippen molar-refractivity contribution in [3.05, 3.63) is 72.3 Å². The summed E-state index contributed by atoms with van der Waals surface area (Å²) in [5.41, 5.74) is 5.22. The lowest BCUT2D eigenvalue weighted by Crippen LogP contribution is -1.81. The number of H-pyrrole nitrogens is 1. The molecule has 0 bridgehead atoms. The van der Waals surface area contributed by atoms with E-state index in [2.05, 4.69) is 27.1 Å². The Morgan fingerprint density at radius 2 is 1.41 bits per heavy atom. The van der Waals surface area contributed by atoms with Gasteiger partial charge in [0.2, 0.25) is 0 Å². The maximum atomic E-state index is 6.62. The summed E-state index contributed by atoms with van der Waals surface area (Å²) in [4.78, 5) is 11.5. The molecule has 22 heavy (non-hydrogen) atoms. The molecule has 4 heteroatoms. The Balaban J connectivity index is 1.89. The molecule has 3 nitrogen and oxygen atoms in total. The van der Waals surface area contributed by atoms with Crippen LogP contribution in [0.1, 0.15) is 0 Å². The second kappa shape index (κ2) is 5.28. The first-order valence-corrected chi connectivity index (χ1v) is 7.33. The molecule has 0 spiro atoms. The van der Waals surface area contributed by atoms with Crippen LogP contribution in [0.5, 0.6) is 0 Å². The van der Waals surface area contributed by atoms with Gasteiger partial charge < -0.3 is 4.98 Å². The van der Waals surface area contributed by atoms with Gasteiger partial charge in [-0.25, -0.2) is 0 Å². The Labute approximate surface area is 132 Å². The Hall–Kier alpha value is -2.65. The van der Waals surface area contributed by atoms with Crippen LogP contribution in [0.4, 0.5) is 0 Å². The van der Waals surface area contributed by atoms with Crippen LogP contribution in [0.2, 0.25) is 5.02 Å². The molecule has 0 atom stereocenters.